The second kappa shape index (κ2) is 9.15. The van der Waals surface area contributed by atoms with Crippen LogP contribution >= 0.6 is 11.3 Å². The van der Waals surface area contributed by atoms with Gasteiger partial charge in [0, 0.05) is 30.6 Å². The SMILES string of the molecule is Cc1ccc(C(=O)NC2CCN(CC(=O)NCc3ccccc3C)CC2)s1. The molecular formula is C21H27N3O2S. The Labute approximate surface area is 164 Å². The van der Waals surface area contributed by atoms with Crippen LogP contribution in [0.5, 0.6) is 0 Å². The third kappa shape index (κ3) is 5.65. The summed E-state index contributed by atoms with van der Waals surface area (Å²) in [7, 11) is 0. The van der Waals surface area contributed by atoms with Gasteiger partial charge in [-0.2, -0.15) is 0 Å². The van der Waals surface area contributed by atoms with Crippen molar-refractivity contribution in [3.63, 3.8) is 0 Å². The number of piperidine rings is 1. The van der Waals surface area contributed by atoms with E-state index >= 15 is 0 Å². The first-order valence-corrected chi connectivity index (χ1v) is 10.2. The highest BCUT2D eigenvalue weighted by Crippen LogP contribution is 2.16. The average molecular weight is 386 g/mol. The summed E-state index contributed by atoms with van der Waals surface area (Å²) < 4.78 is 0. The fourth-order valence-corrected chi connectivity index (χ4v) is 4.08. The van der Waals surface area contributed by atoms with Gasteiger partial charge in [-0.3, -0.25) is 14.5 Å². The Kier molecular flexibility index (Phi) is 6.63. The molecule has 6 heteroatoms. The van der Waals surface area contributed by atoms with Gasteiger partial charge in [-0.1, -0.05) is 24.3 Å². The van der Waals surface area contributed by atoms with Crippen LogP contribution in [0.4, 0.5) is 0 Å². The van der Waals surface area contributed by atoms with Gasteiger partial charge in [0.05, 0.1) is 11.4 Å². The number of hydrogen-bond acceptors (Lipinski definition) is 4. The van der Waals surface area contributed by atoms with Gasteiger partial charge in [0.1, 0.15) is 0 Å². The molecule has 0 spiro atoms. The molecule has 1 saturated heterocycles. The molecule has 2 amide bonds. The number of thiophene rings is 1. The Morgan fingerprint density at radius 2 is 1.85 bits per heavy atom. The van der Waals surface area contributed by atoms with Crippen molar-refractivity contribution in [2.75, 3.05) is 19.6 Å². The molecule has 2 aromatic rings. The monoisotopic (exact) mass is 385 g/mol. The molecule has 1 aliphatic rings. The fraction of sp³-hybridized carbons (Fsp3) is 0.429. The second-order valence-corrected chi connectivity index (χ2v) is 8.43. The average Bonchev–Trinajstić information content (AvgIpc) is 3.09. The number of rotatable bonds is 6. The molecule has 3 rings (SSSR count). The molecule has 0 aliphatic carbocycles. The van der Waals surface area contributed by atoms with Crippen LogP contribution in [0.3, 0.4) is 0 Å². The van der Waals surface area contributed by atoms with Crippen molar-refractivity contribution in [2.24, 2.45) is 0 Å². The smallest absolute Gasteiger partial charge is 0.261 e. The molecule has 1 aromatic carbocycles. The van der Waals surface area contributed by atoms with Crippen molar-refractivity contribution in [3.8, 4) is 0 Å². The number of benzene rings is 1. The van der Waals surface area contributed by atoms with E-state index in [1.165, 1.54) is 16.9 Å². The highest BCUT2D eigenvalue weighted by molar-refractivity contribution is 7.13. The molecule has 1 fully saturated rings. The van der Waals surface area contributed by atoms with E-state index in [1.54, 1.807) is 0 Å². The second-order valence-electron chi connectivity index (χ2n) is 7.14. The highest BCUT2D eigenvalue weighted by atomic mass is 32.1. The predicted octanol–water partition coefficient (Wildman–Crippen LogP) is 2.88. The van der Waals surface area contributed by atoms with Crippen molar-refractivity contribution in [1.29, 1.82) is 0 Å². The van der Waals surface area contributed by atoms with Gasteiger partial charge in [-0.05, 0) is 49.9 Å². The van der Waals surface area contributed by atoms with E-state index in [1.807, 2.05) is 37.3 Å². The van der Waals surface area contributed by atoms with Gasteiger partial charge < -0.3 is 10.6 Å². The number of carbonyl (C=O) groups excluding carboxylic acids is 2. The minimum Gasteiger partial charge on any atom is -0.351 e. The molecule has 0 radical (unpaired) electrons. The van der Waals surface area contributed by atoms with Gasteiger partial charge in [0.25, 0.3) is 5.91 Å². The molecule has 1 aliphatic heterocycles. The summed E-state index contributed by atoms with van der Waals surface area (Å²) in [5.41, 5.74) is 2.34. The van der Waals surface area contributed by atoms with Crippen LogP contribution in [0.25, 0.3) is 0 Å². The van der Waals surface area contributed by atoms with Crippen LogP contribution in [0.1, 0.15) is 38.5 Å². The Morgan fingerprint density at radius 3 is 2.52 bits per heavy atom. The Hall–Kier alpha value is -2.18. The zero-order valence-corrected chi connectivity index (χ0v) is 16.8. The van der Waals surface area contributed by atoms with E-state index in [-0.39, 0.29) is 17.9 Å². The zero-order chi connectivity index (χ0) is 19.2. The Morgan fingerprint density at radius 1 is 1.11 bits per heavy atom. The third-order valence-corrected chi connectivity index (χ3v) is 5.99. The summed E-state index contributed by atoms with van der Waals surface area (Å²) in [4.78, 5) is 28.5. The van der Waals surface area contributed by atoms with Crippen LogP contribution in [0.2, 0.25) is 0 Å². The van der Waals surface area contributed by atoms with Crippen LogP contribution < -0.4 is 10.6 Å². The molecule has 1 aromatic heterocycles. The first-order chi connectivity index (χ1) is 13.0. The Bertz CT molecular complexity index is 794. The van der Waals surface area contributed by atoms with Gasteiger partial charge in [-0.25, -0.2) is 0 Å². The molecule has 144 valence electrons. The highest BCUT2D eigenvalue weighted by Gasteiger charge is 2.22. The van der Waals surface area contributed by atoms with Crippen molar-refractivity contribution < 1.29 is 9.59 Å². The number of hydrogen-bond donors (Lipinski definition) is 2. The molecule has 0 bridgehead atoms. The summed E-state index contributed by atoms with van der Waals surface area (Å²) >= 11 is 1.52. The summed E-state index contributed by atoms with van der Waals surface area (Å²) in [5.74, 6) is 0.0670. The molecule has 0 atom stereocenters. The van der Waals surface area contributed by atoms with E-state index in [2.05, 4.69) is 28.5 Å². The van der Waals surface area contributed by atoms with E-state index in [9.17, 15) is 9.59 Å². The van der Waals surface area contributed by atoms with Gasteiger partial charge in [0.15, 0.2) is 0 Å². The normalized spacial score (nSPS) is 15.5. The maximum absolute atomic E-state index is 12.3. The molecule has 2 heterocycles. The molecule has 0 unspecified atom stereocenters. The van der Waals surface area contributed by atoms with Crippen molar-refractivity contribution in [3.05, 3.63) is 57.3 Å². The molecule has 0 saturated carbocycles. The fourth-order valence-electron chi connectivity index (χ4n) is 3.31. The lowest BCUT2D eigenvalue weighted by Gasteiger charge is -2.31. The minimum atomic E-state index is 0.0162. The third-order valence-electron chi connectivity index (χ3n) is 4.99. The molecular weight excluding hydrogens is 358 g/mol. The summed E-state index contributed by atoms with van der Waals surface area (Å²) in [5, 5.41) is 6.12. The number of carbonyl (C=O) groups is 2. The van der Waals surface area contributed by atoms with Crippen molar-refractivity contribution in [1.82, 2.24) is 15.5 Å². The number of aryl methyl sites for hydroxylation is 2. The quantitative estimate of drug-likeness (QED) is 0.804. The number of nitrogens with one attached hydrogen (secondary N) is 2. The van der Waals surface area contributed by atoms with Crippen molar-refractivity contribution in [2.45, 2.75) is 39.3 Å². The Balaban J connectivity index is 1.38. The summed E-state index contributed by atoms with van der Waals surface area (Å²) in [6, 6.07) is 12.1. The zero-order valence-electron chi connectivity index (χ0n) is 16.0. The van der Waals surface area contributed by atoms with Crippen LogP contribution in [0, 0.1) is 13.8 Å². The van der Waals surface area contributed by atoms with Crippen LogP contribution in [-0.2, 0) is 11.3 Å². The van der Waals surface area contributed by atoms with E-state index < -0.39 is 0 Å². The van der Waals surface area contributed by atoms with E-state index in [0.717, 1.165) is 41.2 Å². The maximum Gasteiger partial charge on any atom is 0.261 e. The number of likely N-dealkylation sites (tertiary alicyclic amines) is 1. The van der Waals surface area contributed by atoms with E-state index in [4.69, 9.17) is 0 Å². The van der Waals surface area contributed by atoms with Crippen molar-refractivity contribution >= 4 is 23.2 Å². The molecule has 5 nitrogen and oxygen atoms in total. The predicted molar refractivity (Wildman–Crippen MR) is 109 cm³/mol. The summed E-state index contributed by atoms with van der Waals surface area (Å²) in [6.07, 6.45) is 1.75. The standard InChI is InChI=1S/C21H27N3O2S/c1-15-5-3-4-6-17(15)13-22-20(25)14-24-11-9-18(10-12-24)23-21(26)19-8-7-16(2)27-19/h3-8,18H,9-14H2,1-2H3,(H,22,25)(H,23,26). The largest absolute Gasteiger partial charge is 0.351 e. The van der Waals surface area contributed by atoms with Crippen LogP contribution in [-0.4, -0.2) is 42.4 Å². The first-order valence-electron chi connectivity index (χ1n) is 9.42. The van der Waals surface area contributed by atoms with Gasteiger partial charge >= 0.3 is 0 Å². The first kappa shape index (κ1) is 19.6. The lowest BCUT2D eigenvalue weighted by molar-refractivity contribution is -0.122. The van der Waals surface area contributed by atoms with E-state index in [0.29, 0.717) is 13.1 Å². The number of amides is 2. The topological polar surface area (TPSA) is 61.4 Å². The lowest BCUT2D eigenvalue weighted by atomic mass is 10.0. The maximum atomic E-state index is 12.3. The van der Waals surface area contributed by atoms with Gasteiger partial charge in [-0.15, -0.1) is 11.3 Å². The van der Waals surface area contributed by atoms with Crippen LogP contribution in [0.15, 0.2) is 36.4 Å². The van der Waals surface area contributed by atoms with Gasteiger partial charge in [0.2, 0.25) is 5.91 Å². The molecule has 2 N–H and O–H groups in total. The summed E-state index contributed by atoms with van der Waals surface area (Å²) in [6.45, 7) is 6.69. The lowest BCUT2D eigenvalue weighted by Crippen LogP contribution is -2.47. The minimum absolute atomic E-state index is 0.0162. The number of nitrogens with zero attached hydrogens (tertiary/aromatic N) is 1. The molecule has 27 heavy (non-hydrogen) atoms.